The first-order chi connectivity index (χ1) is 4.31. The van der Waals surface area contributed by atoms with Gasteiger partial charge in [-0.1, -0.05) is 19.1 Å². The third-order valence-electron chi connectivity index (χ3n) is 1.26. The standard InChI is InChI=1S/C8H17N/c1-4-6-8-9(3)7-5-2/h4,6H,5,7-8H2,1-3H3/b6-4-. The molecular formula is C8H17N. The van der Waals surface area contributed by atoms with Gasteiger partial charge >= 0.3 is 0 Å². The summed E-state index contributed by atoms with van der Waals surface area (Å²) in [5.41, 5.74) is 0. The van der Waals surface area contributed by atoms with Crippen molar-refractivity contribution in [2.75, 3.05) is 20.1 Å². The number of hydrogen-bond donors (Lipinski definition) is 0. The highest BCUT2D eigenvalue weighted by atomic mass is 15.1. The van der Waals surface area contributed by atoms with Crippen LogP contribution in [0.4, 0.5) is 0 Å². The van der Waals surface area contributed by atoms with E-state index in [1.54, 1.807) is 0 Å². The molecule has 0 rings (SSSR count). The van der Waals surface area contributed by atoms with Crippen molar-refractivity contribution >= 4 is 0 Å². The van der Waals surface area contributed by atoms with E-state index < -0.39 is 0 Å². The number of allylic oxidation sites excluding steroid dienone is 1. The van der Waals surface area contributed by atoms with E-state index in [-0.39, 0.29) is 0 Å². The van der Waals surface area contributed by atoms with Crippen LogP contribution in [0.1, 0.15) is 20.3 Å². The molecule has 0 amide bonds. The van der Waals surface area contributed by atoms with Gasteiger partial charge in [-0.05, 0) is 26.9 Å². The fraction of sp³-hybridized carbons (Fsp3) is 0.750. The number of likely N-dealkylation sites (N-methyl/N-ethyl adjacent to an activating group) is 1. The Morgan fingerprint density at radius 1 is 1.44 bits per heavy atom. The summed E-state index contributed by atoms with van der Waals surface area (Å²) in [5, 5.41) is 0. The van der Waals surface area contributed by atoms with Gasteiger partial charge in [-0.3, -0.25) is 0 Å². The average molecular weight is 127 g/mol. The van der Waals surface area contributed by atoms with Crippen molar-refractivity contribution in [1.82, 2.24) is 4.90 Å². The van der Waals surface area contributed by atoms with Crippen molar-refractivity contribution in [1.29, 1.82) is 0 Å². The molecule has 0 spiro atoms. The normalized spacial score (nSPS) is 11.6. The lowest BCUT2D eigenvalue weighted by Crippen LogP contribution is -2.18. The molecule has 0 bridgehead atoms. The Hall–Kier alpha value is -0.300. The third kappa shape index (κ3) is 5.57. The van der Waals surface area contributed by atoms with Crippen molar-refractivity contribution in [2.45, 2.75) is 20.3 Å². The molecule has 0 unspecified atom stereocenters. The minimum atomic E-state index is 1.09. The third-order valence-corrected chi connectivity index (χ3v) is 1.26. The zero-order chi connectivity index (χ0) is 7.11. The highest BCUT2D eigenvalue weighted by Crippen LogP contribution is 1.85. The number of nitrogens with zero attached hydrogens (tertiary/aromatic N) is 1. The van der Waals surface area contributed by atoms with Crippen molar-refractivity contribution < 1.29 is 0 Å². The maximum Gasteiger partial charge on any atom is 0.0160 e. The molecule has 0 heterocycles. The number of hydrogen-bond acceptors (Lipinski definition) is 1. The Kier molecular flexibility index (Phi) is 5.64. The molecule has 0 aromatic carbocycles. The maximum absolute atomic E-state index is 2.31. The van der Waals surface area contributed by atoms with Gasteiger partial charge < -0.3 is 4.90 Å². The molecular weight excluding hydrogens is 110 g/mol. The molecule has 0 aromatic heterocycles. The van der Waals surface area contributed by atoms with E-state index in [4.69, 9.17) is 0 Å². The topological polar surface area (TPSA) is 3.24 Å². The lowest BCUT2D eigenvalue weighted by molar-refractivity contribution is 0.370. The van der Waals surface area contributed by atoms with E-state index in [9.17, 15) is 0 Å². The van der Waals surface area contributed by atoms with Gasteiger partial charge in [0.05, 0.1) is 0 Å². The van der Waals surface area contributed by atoms with Crippen LogP contribution in [0.3, 0.4) is 0 Å². The van der Waals surface area contributed by atoms with Crippen LogP contribution in [-0.2, 0) is 0 Å². The quantitative estimate of drug-likeness (QED) is 0.521. The highest BCUT2D eigenvalue weighted by Gasteiger charge is 1.89. The van der Waals surface area contributed by atoms with Gasteiger partial charge in [0.2, 0.25) is 0 Å². The second-order valence-corrected chi connectivity index (χ2v) is 2.33. The van der Waals surface area contributed by atoms with Crippen LogP contribution >= 0.6 is 0 Å². The van der Waals surface area contributed by atoms with Gasteiger partial charge in [0.25, 0.3) is 0 Å². The van der Waals surface area contributed by atoms with Gasteiger partial charge in [-0.15, -0.1) is 0 Å². The summed E-state index contributed by atoms with van der Waals surface area (Å²) in [5.74, 6) is 0. The predicted molar refractivity (Wildman–Crippen MR) is 42.6 cm³/mol. The molecule has 54 valence electrons. The van der Waals surface area contributed by atoms with E-state index in [2.05, 4.69) is 37.9 Å². The molecule has 0 aliphatic heterocycles. The molecule has 1 nitrogen and oxygen atoms in total. The number of rotatable bonds is 4. The fourth-order valence-corrected chi connectivity index (χ4v) is 0.758. The Bertz CT molecular complexity index is 76.6. The van der Waals surface area contributed by atoms with Crippen LogP contribution in [0.25, 0.3) is 0 Å². The van der Waals surface area contributed by atoms with Crippen LogP contribution in [0, 0.1) is 0 Å². The van der Waals surface area contributed by atoms with Crippen LogP contribution < -0.4 is 0 Å². The van der Waals surface area contributed by atoms with E-state index in [1.165, 1.54) is 13.0 Å². The Balaban J connectivity index is 3.15. The van der Waals surface area contributed by atoms with Crippen LogP contribution in [-0.4, -0.2) is 25.0 Å². The van der Waals surface area contributed by atoms with Crippen molar-refractivity contribution in [3.63, 3.8) is 0 Å². The zero-order valence-electron chi connectivity index (χ0n) is 6.72. The summed E-state index contributed by atoms with van der Waals surface area (Å²) in [6, 6.07) is 0. The molecule has 0 fully saturated rings. The minimum Gasteiger partial charge on any atom is -0.303 e. The van der Waals surface area contributed by atoms with Gasteiger partial charge in [0.15, 0.2) is 0 Å². The summed E-state index contributed by atoms with van der Waals surface area (Å²) in [6.07, 6.45) is 5.51. The Morgan fingerprint density at radius 3 is 2.56 bits per heavy atom. The predicted octanol–water partition coefficient (Wildman–Crippen LogP) is 1.90. The van der Waals surface area contributed by atoms with E-state index >= 15 is 0 Å². The second kappa shape index (κ2) is 5.83. The summed E-state index contributed by atoms with van der Waals surface area (Å²) in [6.45, 7) is 6.54. The molecule has 1 heteroatoms. The lowest BCUT2D eigenvalue weighted by atomic mass is 10.4. The van der Waals surface area contributed by atoms with Crippen molar-refractivity contribution in [2.24, 2.45) is 0 Å². The monoisotopic (exact) mass is 127 g/mol. The van der Waals surface area contributed by atoms with Gasteiger partial charge in [-0.2, -0.15) is 0 Å². The molecule has 0 radical (unpaired) electrons. The minimum absolute atomic E-state index is 1.09. The SMILES string of the molecule is C/C=C\CN(C)CCC. The van der Waals surface area contributed by atoms with Gasteiger partial charge in [0, 0.05) is 6.54 Å². The molecule has 9 heavy (non-hydrogen) atoms. The molecule has 0 saturated carbocycles. The summed E-state index contributed by atoms with van der Waals surface area (Å²) >= 11 is 0. The molecule has 0 aliphatic carbocycles. The Labute approximate surface area is 58.4 Å². The van der Waals surface area contributed by atoms with Gasteiger partial charge in [-0.25, -0.2) is 0 Å². The first-order valence-corrected chi connectivity index (χ1v) is 3.61. The highest BCUT2D eigenvalue weighted by molar-refractivity contribution is 4.79. The first kappa shape index (κ1) is 8.70. The summed E-state index contributed by atoms with van der Waals surface area (Å²) in [7, 11) is 2.14. The van der Waals surface area contributed by atoms with Gasteiger partial charge in [0.1, 0.15) is 0 Å². The lowest BCUT2D eigenvalue weighted by Gasteiger charge is -2.11. The van der Waals surface area contributed by atoms with Crippen molar-refractivity contribution in [3.8, 4) is 0 Å². The van der Waals surface area contributed by atoms with E-state index in [1.807, 2.05) is 0 Å². The largest absolute Gasteiger partial charge is 0.303 e. The van der Waals surface area contributed by atoms with E-state index in [0.29, 0.717) is 0 Å². The second-order valence-electron chi connectivity index (χ2n) is 2.33. The molecule has 0 aliphatic rings. The summed E-state index contributed by atoms with van der Waals surface area (Å²) < 4.78 is 0. The smallest absolute Gasteiger partial charge is 0.0160 e. The first-order valence-electron chi connectivity index (χ1n) is 3.61. The molecule has 0 aromatic rings. The molecule has 0 N–H and O–H groups in total. The zero-order valence-corrected chi connectivity index (χ0v) is 6.72. The van der Waals surface area contributed by atoms with Crippen molar-refractivity contribution in [3.05, 3.63) is 12.2 Å². The van der Waals surface area contributed by atoms with E-state index in [0.717, 1.165) is 6.54 Å². The molecule has 0 atom stereocenters. The van der Waals surface area contributed by atoms with Crippen LogP contribution in [0.2, 0.25) is 0 Å². The van der Waals surface area contributed by atoms with Crippen LogP contribution in [0.5, 0.6) is 0 Å². The summed E-state index contributed by atoms with van der Waals surface area (Å²) in [4.78, 5) is 2.31. The Morgan fingerprint density at radius 2 is 2.11 bits per heavy atom. The maximum atomic E-state index is 2.31. The average Bonchev–Trinajstić information content (AvgIpc) is 1.85. The molecule has 0 saturated heterocycles. The van der Waals surface area contributed by atoms with Crippen LogP contribution in [0.15, 0.2) is 12.2 Å². The fourth-order valence-electron chi connectivity index (χ4n) is 0.758.